The van der Waals surface area contributed by atoms with Gasteiger partial charge in [0.15, 0.2) is 0 Å². The number of pyridine rings is 1. The van der Waals surface area contributed by atoms with Crippen molar-refractivity contribution in [2.24, 2.45) is 0 Å². The third-order valence-electron chi connectivity index (χ3n) is 8.19. The topological polar surface area (TPSA) is 53.5 Å². The Hall–Kier alpha value is -5.00. The Morgan fingerprint density at radius 1 is 0.822 bits per heavy atom. The van der Waals surface area contributed by atoms with Crippen LogP contribution >= 0.6 is 11.6 Å². The second-order valence-corrected chi connectivity index (χ2v) is 11.7. The molecule has 224 valence electrons. The number of aromatic nitrogens is 1. The van der Waals surface area contributed by atoms with Gasteiger partial charge in [-0.1, -0.05) is 109 Å². The van der Waals surface area contributed by atoms with Gasteiger partial charge in [0.2, 0.25) is 11.8 Å². The molecule has 1 aliphatic rings. The number of amides is 2. The highest BCUT2D eigenvalue weighted by atomic mass is 35.5. The largest absolute Gasteiger partial charge is 0.336 e. The summed E-state index contributed by atoms with van der Waals surface area (Å²) in [5, 5.41) is 0.594. The Bertz CT molecular complexity index is 1790. The predicted octanol–water partition coefficient (Wildman–Crippen LogP) is 7.64. The van der Waals surface area contributed by atoms with Crippen molar-refractivity contribution >= 4 is 29.5 Å². The molecular formula is C39H34ClN3O2. The van der Waals surface area contributed by atoms with Gasteiger partial charge in [0.05, 0.1) is 5.69 Å². The molecule has 2 heterocycles. The Morgan fingerprint density at radius 2 is 1.58 bits per heavy atom. The van der Waals surface area contributed by atoms with Crippen LogP contribution in [0.3, 0.4) is 0 Å². The van der Waals surface area contributed by atoms with Crippen molar-refractivity contribution in [2.45, 2.75) is 32.0 Å². The van der Waals surface area contributed by atoms with Crippen molar-refractivity contribution in [1.82, 2.24) is 14.8 Å². The Balaban J connectivity index is 1.34. The third kappa shape index (κ3) is 7.57. The minimum absolute atomic E-state index is 0.0528. The predicted molar refractivity (Wildman–Crippen MR) is 180 cm³/mol. The first-order valence-electron chi connectivity index (χ1n) is 15.2. The molecular weight excluding hydrogens is 578 g/mol. The number of fused-ring (bicyclic) bond motifs is 1. The third-order valence-corrected chi connectivity index (χ3v) is 8.43. The van der Waals surface area contributed by atoms with Crippen molar-refractivity contribution in [3.63, 3.8) is 0 Å². The van der Waals surface area contributed by atoms with Gasteiger partial charge in [-0.2, -0.15) is 0 Å². The fourth-order valence-electron chi connectivity index (χ4n) is 5.79. The highest BCUT2D eigenvalue weighted by molar-refractivity contribution is 6.30. The summed E-state index contributed by atoms with van der Waals surface area (Å²) >= 11 is 6.21. The number of benzene rings is 4. The second-order valence-electron chi connectivity index (χ2n) is 11.3. The van der Waals surface area contributed by atoms with Gasteiger partial charge in [-0.25, -0.2) is 0 Å². The molecule has 5 aromatic rings. The van der Waals surface area contributed by atoms with Crippen LogP contribution in [0.2, 0.25) is 5.02 Å². The number of nitrogens with zero attached hydrogens (tertiary/aromatic N) is 3. The van der Waals surface area contributed by atoms with E-state index in [-0.39, 0.29) is 18.4 Å². The Morgan fingerprint density at radius 3 is 2.33 bits per heavy atom. The van der Waals surface area contributed by atoms with Crippen molar-refractivity contribution in [2.75, 3.05) is 6.54 Å². The van der Waals surface area contributed by atoms with E-state index in [0.717, 1.165) is 39.9 Å². The van der Waals surface area contributed by atoms with Crippen molar-refractivity contribution < 1.29 is 9.59 Å². The van der Waals surface area contributed by atoms with Crippen LogP contribution in [0.25, 0.3) is 17.3 Å². The van der Waals surface area contributed by atoms with Gasteiger partial charge in [0.25, 0.3) is 0 Å². The van der Waals surface area contributed by atoms with Gasteiger partial charge < -0.3 is 9.80 Å². The monoisotopic (exact) mass is 611 g/mol. The van der Waals surface area contributed by atoms with E-state index in [0.29, 0.717) is 24.5 Å². The fraction of sp³-hybridized carbons (Fsp3) is 0.154. The Labute approximate surface area is 269 Å². The van der Waals surface area contributed by atoms with Crippen LogP contribution in [-0.4, -0.2) is 39.2 Å². The standard InChI is InChI=1S/C39H34ClN3O2/c40-35-14-8-11-30(25-35)18-21-38(44)43(27-31-16-19-33(20-17-31)36-15-6-7-23-41-36)37(26-29-9-2-1-3-10-29)39(45)42-24-22-32-12-4-5-13-34(32)28-42/h1-21,23,25,37H,22,24,26-28H2/b21-18+/t37-/m0/s1. The molecule has 0 N–H and O–H groups in total. The maximum absolute atomic E-state index is 14.5. The molecule has 0 radical (unpaired) electrons. The molecule has 45 heavy (non-hydrogen) atoms. The van der Waals surface area contributed by atoms with E-state index >= 15 is 0 Å². The van der Waals surface area contributed by atoms with E-state index in [9.17, 15) is 9.59 Å². The summed E-state index contributed by atoms with van der Waals surface area (Å²) in [6.07, 6.45) is 6.27. The average Bonchev–Trinajstić information content (AvgIpc) is 3.09. The van der Waals surface area contributed by atoms with Gasteiger partial charge in [-0.15, -0.1) is 0 Å². The summed E-state index contributed by atoms with van der Waals surface area (Å²) in [5.41, 5.74) is 7.02. The molecule has 1 aromatic heterocycles. The molecule has 4 aromatic carbocycles. The van der Waals surface area contributed by atoms with E-state index in [4.69, 9.17) is 11.6 Å². The molecule has 1 aliphatic heterocycles. The minimum atomic E-state index is -0.704. The summed E-state index contributed by atoms with van der Waals surface area (Å²) < 4.78 is 0. The molecule has 0 saturated heterocycles. The number of hydrogen-bond donors (Lipinski definition) is 0. The van der Waals surface area contributed by atoms with Crippen molar-refractivity contribution in [3.05, 3.63) is 166 Å². The molecule has 1 atom stereocenters. The minimum Gasteiger partial charge on any atom is -0.336 e. The second kappa shape index (κ2) is 14.2. The molecule has 0 aliphatic carbocycles. The van der Waals surface area contributed by atoms with E-state index in [1.54, 1.807) is 29.3 Å². The molecule has 6 rings (SSSR count). The smallest absolute Gasteiger partial charge is 0.247 e. The van der Waals surface area contributed by atoms with Gasteiger partial charge in [0.1, 0.15) is 6.04 Å². The summed E-state index contributed by atoms with van der Waals surface area (Å²) in [7, 11) is 0. The number of carbonyl (C=O) groups excluding carboxylic acids is 2. The van der Waals surface area contributed by atoms with Gasteiger partial charge in [-0.05, 0) is 64.6 Å². The zero-order chi connectivity index (χ0) is 31.0. The number of carbonyl (C=O) groups is 2. The quantitative estimate of drug-likeness (QED) is 0.161. The first-order chi connectivity index (χ1) is 22.0. The Kier molecular flexibility index (Phi) is 9.47. The normalized spacial score (nSPS) is 13.3. The van der Waals surface area contributed by atoms with Gasteiger partial charge >= 0.3 is 0 Å². The van der Waals surface area contributed by atoms with Crippen LogP contribution in [0.15, 0.2) is 134 Å². The molecule has 2 amide bonds. The highest BCUT2D eigenvalue weighted by Crippen LogP contribution is 2.24. The van der Waals surface area contributed by atoms with E-state index in [1.165, 1.54) is 5.56 Å². The average molecular weight is 612 g/mol. The SMILES string of the molecule is O=C([C@H](Cc1ccccc1)N(Cc1ccc(-c2ccccn2)cc1)C(=O)/C=C/c1cccc(Cl)c1)N1CCc2ccccc2C1. The van der Waals surface area contributed by atoms with Gasteiger partial charge in [-0.3, -0.25) is 14.6 Å². The molecule has 0 unspecified atom stereocenters. The first kappa shape index (κ1) is 30.0. The van der Waals surface area contributed by atoms with Crippen LogP contribution in [-0.2, 0) is 35.5 Å². The summed E-state index contributed by atoms with van der Waals surface area (Å²) in [5.74, 6) is -0.293. The van der Waals surface area contributed by atoms with E-state index in [1.807, 2.05) is 108 Å². The van der Waals surface area contributed by atoms with Crippen molar-refractivity contribution in [1.29, 1.82) is 0 Å². The number of halogens is 1. The summed E-state index contributed by atoms with van der Waals surface area (Å²) in [6.45, 7) is 1.41. The number of rotatable bonds is 9. The highest BCUT2D eigenvalue weighted by Gasteiger charge is 2.34. The maximum Gasteiger partial charge on any atom is 0.247 e. The zero-order valence-electron chi connectivity index (χ0n) is 24.9. The molecule has 5 nitrogen and oxygen atoms in total. The maximum atomic E-state index is 14.5. The molecule has 0 saturated carbocycles. The van der Waals surface area contributed by atoms with Gasteiger partial charge in [0, 0.05) is 48.9 Å². The van der Waals surface area contributed by atoms with Crippen LogP contribution in [0.1, 0.15) is 27.8 Å². The molecule has 0 spiro atoms. The van der Waals surface area contributed by atoms with Crippen LogP contribution in [0, 0.1) is 0 Å². The van der Waals surface area contributed by atoms with E-state index < -0.39 is 6.04 Å². The molecule has 0 fully saturated rings. The van der Waals surface area contributed by atoms with Crippen LogP contribution in [0.5, 0.6) is 0 Å². The molecule has 0 bridgehead atoms. The van der Waals surface area contributed by atoms with E-state index in [2.05, 4.69) is 17.1 Å². The van der Waals surface area contributed by atoms with Crippen LogP contribution in [0.4, 0.5) is 0 Å². The summed E-state index contributed by atoms with van der Waals surface area (Å²) in [6, 6.07) is 38.7. The number of hydrogen-bond acceptors (Lipinski definition) is 3. The lowest BCUT2D eigenvalue weighted by Crippen LogP contribution is -2.52. The lowest BCUT2D eigenvalue weighted by Gasteiger charge is -2.37. The fourth-order valence-corrected chi connectivity index (χ4v) is 5.99. The molecule has 6 heteroatoms. The van der Waals surface area contributed by atoms with Crippen molar-refractivity contribution in [3.8, 4) is 11.3 Å². The summed E-state index contributed by atoms with van der Waals surface area (Å²) in [4.78, 5) is 36.7. The van der Waals surface area contributed by atoms with Crippen LogP contribution < -0.4 is 0 Å². The first-order valence-corrected chi connectivity index (χ1v) is 15.6. The lowest BCUT2D eigenvalue weighted by molar-refractivity contribution is -0.144. The zero-order valence-corrected chi connectivity index (χ0v) is 25.7. The lowest BCUT2D eigenvalue weighted by atomic mass is 9.97.